The summed E-state index contributed by atoms with van der Waals surface area (Å²) < 4.78 is 27.7. The van der Waals surface area contributed by atoms with E-state index in [-0.39, 0.29) is 5.82 Å². The average Bonchev–Trinajstić information content (AvgIpc) is 3.19. The molecule has 0 spiro atoms. The number of nitrogens with zero attached hydrogens (tertiary/aromatic N) is 3. The minimum atomic E-state index is -0.276. The van der Waals surface area contributed by atoms with Crippen LogP contribution in [0.25, 0.3) is 27.5 Å². The fraction of sp³-hybridized carbons (Fsp3) is 0. The Morgan fingerprint density at radius 2 is 1.12 bits per heavy atom. The number of pyridine rings is 2. The number of fused-ring (bicyclic) bond motifs is 3. The number of benzene rings is 3. The Labute approximate surface area is 194 Å². The molecular weight excluding hydrogens is 429 g/mol. The molecule has 3 aromatic heterocycles. The summed E-state index contributed by atoms with van der Waals surface area (Å²) in [5.74, 6) is 2.09. The van der Waals surface area contributed by atoms with Gasteiger partial charge in [-0.1, -0.05) is 12.1 Å². The Balaban J connectivity index is 1.53. The maximum atomic E-state index is 13.6. The summed E-state index contributed by atoms with van der Waals surface area (Å²) in [6.07, 6.45) is 3.38. The van der Waals surface area contributed by atoms with Crippen molar-refractivity contribution in [3.63, 3.8) is 0 Å². The van der Waals surface area contributed by atoms with Gasteiger partial charge in [-0.3, -0.25) is 0 Å². The van der Waals surface area contributed by atoms with E-state index in [1.54, 1.807) is 24.5 Å². The molecule has 0 atom stereocenters. The van der Waals surface area contributed by atoms with Crippen molar-refractivity contribution in [2.75, 3.05) is 0 Å². The van der Waals surface area contributed by atoms with Gasteiger partial charge in [0.05, 0.1) is 11.0 Å². The summed E-state index contributed by atoms with van der Waals surface area (Å²) in [7, 11) is 0. The van der Waals surface area contributed by atoms with Crippen molar-refractivity contribution >= 4 is 21.8 Å². The zero-order valence-corrected chi connectivity index (χ0v) is 17.9. The van der Waals surface area contributed by atoms with Crippen LogP contribution < -0.4 is 9.47 Å². The SMILES string of the molecule is Fc1ccc(-n2c3ccc(Oc4ccccn4)cc3c3cc(Oc4ccccn4)ccc32)cc1. The van der Waals surface area contributed by atoms with Crippen LogP contribution in [0.3, 0.4) is 0 Å². The maximum Gasteiger partial charge on any atom is 0.219 e. The summed E-state index contributed by atoms with van der Waals surface area (Å²) in [5.41, 5.74) is 2.79. The molecule has 6 rings (SSSR count). The van der Waals surface area contributed by atoms with E-state index in [2.05, 4.69) is 14.5 Å². The zero-order chi connectivity index (χ0) is 22.9. The van der Waals surface area contributed by atoms with Gasteiger partial charge < -0.3 is 14.0 Å². The number of hydrogen-bond donors (Lipinski definition) is 0. The first-order chi connectivity index (χ1) is 16.7. The lowest BCUT2D eigenvalue weighted by molar-refractivity contribution is 0.463. The molecule has 0 aliphatic rings. The molecule has 0 fully saturated rings. The van der Waals surface area contributed by atoms with Crippen molar-refractivity contribution in [2.24, 2.45) is 0 Å². The summed E-state index contributed by atoms with van der Waals surface area (Å²) in [4.78, 5) is 8.50. The second-order valence-electron chi connectivity index (χ2n) is 7.71. The average molecular weight is 447 g/mol. The standard InChI is InChI=1S/C28H18FN3O2/c29-19-7-9-20(10-8-19)32-25-13-11-21(33-27-5-1-3-15-30-27)17-23(25)24-18-22(12-14-26(24)32)34-28-6-2-4-16-31-28/h1-18H. The number of rotatable bonds is 5. The predicted octanol–water partition coefficient (Wildman–Crippen LogP) is 7.30. The fourth-order valence-electron chi connectivity index (χ4n) is 4.03. The van der Waals surface area contributed by atoms with Crippen LogP contribution in [0.1, 0.15) is 0 Å². The van der Waals surface area contributed by atoms with Gasteiger partial charge in [-0.15, -0.1) is 0 Å². The highest BCUT2D eigenvalue weighted by Crippen LogP contribution is 2.37. The molecule has 0 aliphatic carbocycles. The maximum absolute atomic E-state index is 13.6. The van der Waals surface area contributed by atoms with Crippen molar-refractivity contribution < 1.29 is 13.9 Å². The van der Waals surface area contributed by atoms with Crippen LogP contribution >= 0.6 is 0 Å². The van der Waals surface area contributed by atoms with Gasteiger partial charge >= 0.3 is 0 Å². The first kappa shape index (κ1) is 19.9. The zero-order valence-electron chi connectivity index (χ0n) is 17.9. The molecule has 0 saturated heterocycles. The Hall–Kier alpha value is -4.71. The van der Waals surface area contributed by atoms with Crippen LogP contribution in [0.4, 0.5) is 4.39 Å². The van der Waals surface area contributed by atoms with Gasteiger partial charge in [0.1, 0.15) is 17.3 Å². The lowest BCUT2D eigenvalue weighted by Crippen LogP contribution is -1.94. The third kappa shape index (κ3) is 3.71. The molecule has 0 saturated carbocycles. The molecule has 0 bridgehead atoms. The van der Waals surface area contributed by atoms with E-state index in [1.165, 1.54) is 12.1 Å². The third-order valence-electron chi connectivity index (χ3n) is 5.51. The Kier molecular flexibility index (Phi) is 4.88. The van der Waals surface area contributed by atoms with Gasteiger partial charge in [0, 0.05) is 41.0 Å². The lowest BCUT2D eigenvalue weighted by atomic mass is 10.1. The van der Waals surface area contributed by atoms with E-state index in [4.69, 9.17) is 9.47 Å². The van der Waals surface area contributed by atoms with Crippen molar-refractivity contribution in [3.8, 4) is 28.9 Å². The topological polar surface area (TPSA) is 49.2 Å². The summed E-state index contributed by atoms with van der Waals surface area (Å²) in [6.45, 7) is 0. The van der Waals surface area contributed by atoms with Gasteiger partial charge in [-0.2, -0.15) is 0 Å². The Bertz CT molecular complexity index is 1500. The molecule has 3 heterocycles. The largest absolute Gasteiger partial charge is 0.439 e. The highest BCUT2D eigenvalue weighted by Gasteiger charge is 2.15. The molecule has 5 nitrogen and oxygen atoms in total. The molecule has 0 amide bonds. The molecule has 164 valence electrons. The normalized spacial score (nSPS) is 11.1. The van der Waals surface area contributed by atoms with E-state index >= 15 is 0 Å². The molecule has 6 heteroatoms. The second-order valence-corrected chi connectivity index (χ2v) is 7.71. The smallest absolute Gasteiger partial charge is 0.219 e. The van der Waals surface area contributed by atoms with Crippen molar-refractivity contribution in [2.45, 2.75) is 0 Å². The molecule has 0 aliphatic heterocycles. The quantitative estimate of drug-likeness (QED) is 0.278. The second kappa shape index (κ2) is 8.33. The van der Waals surface area contributed by atoms with Crippen LogP contribution in [0, 0.1) is 5.82 Å². The number of aromatic nitrogens is 3. The lowest BCUT2D eigenvalue weighted by Gasteiger charge is -2.09. The highest BCUT2D eigenvalue weighted by molar-refractivity contribution is 6.10. The first-order valence-corrected chi connectivity index (χ1v) is 10.8. The van der Waals surface area contributed by atoms with E-state index in [9.17, 15) is 4.39 Å². The van der Waals surface area contributed by atoms with Crippen molar-refractivity contribution in [1.29, 1.82) is 0 Å². The Morgan fingerprint density at radius 1 is 0.588 bits per heavy atom. The number of ether oxygens (including phenoxy) is 2. The van der Waals surface area contributed by atoms with Gasteiger partial charge in [-0.05, 0) is 72.8 Å². The van der Waals surface area contributed by atoms with Crippen LogP contribution in [-0.4, -0.2) is 14.5 Å². The van der Waals surface area contributed by atoms with Gasteiger partial charge in [-0.25, -0.2) is 14.4 Å². The molecule has 0 N–H and O–H groups in total. The van der Waals surface area contributed by atoms with Crippen LogP contribution in [-0.2, 0) is 0 Å². The highest BCUT2D eigenvalue weighted by atomic mass is 19.1. The minimum Gasteiger partial charge on any atom is -0.439 e. The van der Waals surface area contributed by atoms with E-state index in [0.717, 1.165) is 27.5 Å². The fourth-order valence-corrected chi connectivity index (χ4v) is 4.03. The van der Waals surface area contributed by atoms with Crippen LogP contribution in [0.2, 0.25) is 0 Å². The van der Waals surface area contributed by atoms with E-state index in [0.29, 0.717) is 23.3 Å². The van der Waals surface area contributed by atoms with Crippen molar-refractivity contribution in [1.82, 2.24) is 14.5 Å². The molecule has 6 aromatic rings. The van der Waals surface area contributed by atoms with E-state index in [1.807, 2.05) is 72.8 Å². The monoisotopic (exact) mass is 447 g/mol. The molecular formula is C28H18FN3O2. The van der Waals surface area contributed by atoms with E-state index < -0.39 is 0 Å². The summed E-state index contributed by atoms with van der Waals surface area (Å²) in [5, 5.41) is 1.94. The number of hydrogen-bond acceptors (Lipinski definition) is 4. The first-order valence-electron chi connectivity index (χ1n) is 10.8. The predicted molar refractivity (Wildman–Crippen MR) is 129 cm³/mol. The summed E-state index contributed by atoms with van der Waals surface area (Å²) in [6, 6.07) is 29.3. The molecule has 3 aromatic carbocycles. The minimum absolute atomic E-state index is 0.276. The van der Waals surface area contributed by atoms with Gasteiger partial charge in [0.15, 0.2) is 0 Å². The van der Waals surface area contributed by atoms with Gasteiger partial charge in [0.25, 0.3) is 0 Å². The molecule has 0 unspecified atom stereocenters. The molecule has 34 heavy (non-hydrogen) atoms. The van der Waals surface area contributed by atoms with Crippen molar-refractivity contribution in [3.05, 3.63) is 115 Å². The van der Waals surface area contributed by atoms with Crippen LogP contribution in [0.15, 0.2) is 109 Å². The summed E-state index contributed by atoms with van der Waals surface area (Å²) >= 11 is 0. The Morgan fingerprint density at radius 3 is 1.59 bits per heavy atom. The third-order valence-corrected chi connectivity index (χ3v) is 5.51. The van der Waals surface area contributed by atoms with Gasteiger partial charge in [0.2, 0.25) is 11.8 Å². The number of halogens is 1. The van der Waals surface area contributed by atoms with Crippen LogP contribution in [0.5, 0.6) is 23.3 Å². The molecule has 0 radical (unpaired) electrons.